The monoisotopic (exact) mass is 191 g/mol. The lowest BCUT2D eigenvalue weighted by molar-refractivity contribution is 0.0415. The molecule has 0 spiro atoms. The minimum absolute atomic E-state index is 0.401. The lowest BCUT2D eigenvalue weighted by Crippen LogP contribution is -2.32. The van der Waals surface area contributed by atoms with E-state index in [1.54, 1.807) is 0 Å². The Hall–Kier alpha value is -0.160. The van der Waals surface area contributed by atoms with Gasteiger partial charge in [0.2, 0.25) is 0 Å². The standard InChI is InChI=1S/C9H21NO3/c1-3-12-6-5-10-7-9(11)8-13-4-2/h9-11H,3-8H2,1-2H3. The molecular formula is C9H21NO3. The Bertz CT molecular complexity index is 101. The molecule has 2 N–H and O–H groups in total. The Morgan fingerprint density at radius 2 is 1.92 bits per heavy atom. The van der Waals surface area contributed by atoms with Crippen molar-refractivity contribution >= 4 is 0 Å². The van der Waals surface area contributed by atoms with Crippen molar-refractivity contribution in [3.05, 3.63) is 0 Å². The first-order chi connectivity index (χ1) is 6.31. The van der Waals surface area contributed by atoms with E-state index in [0.29, 0.717) is 26.4 Å². The summed E-state index contributed by atoms with van der Waals surface area (Å²) in [5, 5.41) is 12.4. The third-order valence-electron chi connectivity index (χ3n) is 1.52. The lowest BCUT2D eigenvalue weighted by atomic mass is 10.4. The van der Waals surface area contributed by atoms with E-state index in [1.165, 1.54) is 0 Å². The molecule has 0 saturated carbocycles. The Morgan fingerprint density at radius 1 is 1.23 bits per heavy atom. The van der Waals surface area contributed by atoms with Gasteiger partial charge in [-0.1, -0.05) is 0 Å². The maximum Gasteiger partial charge on any atom is 0.0897 e. The van der Waals surface area contributed by atoms with E-state index in [0.717, 1.165) is 13.2 Å². The van der Waals surface area contributed by atoms with Crippen LogP contribution in [0.5, 0.6) is 0 Å². The van der Waals surface area contributed by atoms with Crippen LogP contribution in [0.2, 0.25) is 0 Å². The number of aliphatic hydroxyl groups is 1. The second-order valence-electron chi connectivity index (χ2n) is 2.71. The van der Waals surface area contributed by atoms with Gasteiger partial charge in [0.15, 0.2) is 0 Å². The molecule has 4 nitrogen and oxygen atoms in total. The summed E-state index contributed by atoms with van der Waals surface area (Å²) in [6.45, 7) is 7.69. The van der Waals surface area contributed by atoms with E-state index in [2.05, 4.69) is 5.32 Å². The van der Waals surface area contributed by atoms with Gasteiger partial charge in [-0.2, -0.15) is 0 Å². The minimum Gasteiger partial charge on any atom is -0.389 e. The zero-order chi connectivity index (χ0) is 9.94. The van der Waals surface area contributed by atoms with Crippen LogP contribution in [0.3, 0.4) is 0 Å². The molecule has 0 saturated heterocycles. The van der Waals surface area contributed by atoms with E-state index >= 15 is 0 Å². The van der Waals surface area contributed by atoms with Crippen molar-refractivity contribution in [1.29, 1.82) is 0 Å². The molecule has 0 aromatic rings. The highest BCUT2D eigenvalue weighted by Gasteiger charge is 2.01. The molecule has 0 aliphatic rings. The van der Waals surface area contributed by atoms with Crippen molar-refractivity contribution in [2.24, 2.45) is 0 Å². The highest BCUT2D eigenvalue weighted by molar-refractivity contribution is 4.57. The molecular weight excluding hydrogens is 170 g/mol. The summed E-state index contributed by atoms with van der Waals surface area (Å²) in [5.74, 6) is 0. The lowest BCUT2D eigenvalue weighted by Gasteiger charge is -2.11. The number of aliphatic hydroxyl groups excluding tert-OH is 1. The van der Waals surface area contributed by atoms with E-state index in [1.807, 2.05) is 13.8 Å². The van der Waals surface area contributed by atoms with Crippen LogP contribution in [0, 0.1) is 0 Å². The maximum atomic E-state index is 9.31. The summed E-state index contributed by atoms with van der Waals surface area (Å²) in [6.07, 6.45) is -0.415. The largest absolute Gasteiger partial charge is 0.389 e. The molecule has 0 rings (SSSR count). The molecule has 13 heavy (non-hydrogen) atoms. The van der Waals surface area contributed by atoms with E-state index in [4.69, 9.17) is 9.47 Å². The predicted molar refractivity (Wildman–Crippen MR) is 51.9 cm³/mol. The first kappa shape index (κ1) is 12.8. The second kappa shape index (κ2) is 9.92. The Morgan fingerprint density at radius 3 is 2.54 bits per heavy atom. The van der Waals surface area contributed by atoms with Gasteiger partial charge in [0.25, 0.3) is 0 Å². The summed E-state index contributed by atoms with van der Waals surface area (Å²) in [4.78, 5) is 0. The number of rotatable bonds is 9. The normalized spacial score (nSPS) is 13.2. The Labute approximate surface area is 80.2 Å². The topological polar surface area (TPSA) is 50.7 Å². The second-order valence-corrected chi connectivity index (χ2v) is 2.71. The quantitative estimate of drug-likeness (QED) is 0.504. The number of ether oxygens (including phenoxy) is 2. The molecule has 0 aromatic carbocycles. The summed E-state index contributed by atoms with van der Waals surface area (Å²) in [5.41, 5.74) is 0. The average molecular weight is 191 g/mol. The fraction of sp³-hybridized carbons (Fsp3) is 1.00. The molecule has 1 atom stereocenters. The van der Waals surface area contributed by atoms with Crippen LogP contribution in [0.25, 0.3) is 0 Å². The van der Waals surface area contributed by atoms with Gasteiger partial charge in [0.05, 0.1) is 19.3 Å². The molecule has 1 unspecified atom stereocenters. The molecule has 0 aliphatic heterocycles. The number of hydrogen-bond donors (Lipinski definition) is 2. The molecule has 0 aliphatic carbocycles. The first-order valence-electron chi connectivity index (χ1n) is 4.85. The Kier molecular flexibility index (Phi) is 9.80. The summed E-state index contributed by atoms with van der Waals surface area (Å²) >= 11 is 0. The van der Waals surface area contributed by atoms with Crippen molar-refractivity contribution in [1.82, 2.24) is 5.32 Å². The third-order valence-corrected chi connectivity index (χ3v) is 1.52. The molecule has 0 bridgehead atoms. The fourth-order valence-electron chi connectivity index (χ4n) is 0.870. The highest BCUT2D eigenvalue weighted by Crippen LogP contribution is 1.83. The van der Waals surface area contributed by atoms with E-state index in [-0.39, 0.29) is 0 Å². The first-order valence-corrected chi connectivity index (χ1v) is 4.85. The number of nitrogens with one attached hydrogen (secondary N) is 1. The molecule has 4 heteroatoms. The van der Waals surface area contributed by atoms with Crippen LogP contribution in [-0.4, -0.2) is 50.7 Å². The van der Waals surface area contributed by atoms with Gasteiger partial charge >= 0.3 is 0 Å². The zero-order valence-corrected chi connectivity index (χ0v) is 8.58. The van der Waals surface area contributed by atoms with Gasteiger partial charge in [-0.15, -0.1) is 0 Å². The van der Waals surface area contributed by atoms with Crippen LogP contribution in [0.1, 0.15) is 13.8 Å². The van der Waals surface area contributed by atoms with Gasteiger partial charge < -0.3 is 19.9 Å². The van der Waals surface area contributed by atoms with Gasteiger partial charge in [-0.25, -0.2) is 0 Å². The van der Waals surface area contributed by atoms with Crippen LogP contribution >= 0.6 is 0 Å². The van der Waals surface area contributed by atoms with Gasteiger partial charge in [-0.05, 0) is 13.8 Å². The van der Waals surface area contributed by atoms with Crippen molar-refractivity contribution in [3.8, 4) is 0 Å². The number of hydrogen-bond acceptors (Lipinski definition) is 4. The SMILES string of the molecule is CCOCCNCC(O)COCC. The van der Waals surface area contributed by atoms with E-state index < -0.39 is 6.10 Å². The minimum atomic E-state index is -0.415. The van der Waals surface area contributed by atoms with Gasteiger partial charge in [-0.3, -0.25) is 0 Å². The maximum absolute atomic E-state index is 9.31. The summed E-state index contributed by atoms with van der Waals surface area (Å²) in [7, 11) is 0. The molecule has 0 aromatic heterocycles. The molecule has 0 heterocycles. The van der Waals surface area contributed by atoms with Crippen LogP contribution in [0.4, 0.5) is 0 Å². The molecule has 0 fully saturated rings. The predicted octanol–water partition coefficient (Wildman–Crippen LogP) is 0.00990. The van der Waals surface area contributed by atoms with Crippen LogP contribution in [-0.2, 0) is 9.47 Å². The van der Waals surface area contributed by atoms with Crippen molar-refractivity contribution in [3.63, 3.8) is 0 Å². The van der Waals surface area contributed by atoms with E-state index in [9.17, 15) is 5.11 Å². The zero-order valence-electron chi connectivity index (χ0n) is 8.58. The van der Waals surface area contributed by atoms with Gasteiger partial charge in [0, 0.05) is 26.3 Å². The summed E-state index contributed by atoms with van der Waals surface area (Å²) in [6, 6.07) is 0. The molecule has 0 amide bonds. The molecule has 0 radical (unpaired) electrons. The highest BCUT2D eigenvalue weighted by atomic mass is 16.5. The molecule has 80 valence electrons. The summed E-state index contributed by atoms with van der Waals surface area (Å²) < 4.78 is 10.2. The van der Waals surface area contributed by atoms with Crippen LogP contribution in [0.15, 0.2) is 0 Å². The van der Waals surface area contributed by atoms with Gasteiger partial charge in [0.1, 0.15) is 0 Å². The third kappa shape index (κ3) is 9.76. The average Bonchev–Trinajstić information content (AvgIpc) is 2.14. The Balaban J connectivity index is 3.03. The fourth-order valence-corrected chi connectivity index (χ4v) is 0.870. The van der Waals surface area contributed by atoms with Crippen LogP contribution < -0.4 is 5.32 Å². The van der Waals surface area contributed by atoms with Crippen molar-refractivity contribution < 1.29 is 14.6 Å². The van der Waals surface area contributed by atoms with Crippen molar-refractivity contribution in [2.45, 2.75) is 20.0 Å². The van der Waals surface area contributed by atoms with Crippen molar-refractivity contribution in [2.75, 3.05) is 39.5 Å². The smallest absolute Gasteiger partial charge is 0.0897 e.